The van der Waals surface area contributed by atoms with Crippen LogP contribution in [0.4, 0.5) is 0 Å². The maximum Gasteiger partial charge on any atom is 0.125 e. The first-order valence-electron chi connectivity index (χ1n) is 10.7. The molecule has 1 aliphatic heterocycles. The number of hydrogen-bond donors (Lipinski definition) is 0. The second-order valence-corrected chi connectivity index (χ2v) is 7.86. The molecule has 4 nitrogen and oxygen atoms in total. The maximum atomic E-state index is 9.69. The third-order valence-corrected chi connectivity index (χ3v) is 6.03. The van der Waals surface area contributed by atoms with Gasteiger partial charge >= 0.3 is 0 Å². The highest BCUT2D eigenvalue weighted by Crippen LogP contribution is 2.28. The van der Waals surface area contributed by atoms with Crippen molar-refractivity contribution >= 4 is 0 Å². The van der Waals surface area contributed by atoms with Crippen LogP contribution in [-0.2, 0) is 0 Å². The molecule has 1 saturated heterocycles. The van der Waals surface area contributed by atoms with Gasteiger partial charge in [-0.2, -0.15) is 5.26 Å². The second-order valence-electron chi connectivity index (χ2n) is 7.86. The van der Waals surface area contributed by atoms with Crippen molar-refractivity contribution < 1.29 is 0 Å². The number of pyridine rings is 1. The van der Waals surface area contributed by atoms with Crippen LogP contribution in [0.2, 0.25) is 0 Å². The summed E-state index contributed by atoms with van der Waals surface area (Å²) in [6.45, 7) is 4.87. The van der Waals surface area contributed by atoms with Crippen LogP contribution < -0.4 is 0 Å². The van der Waals surface area contributed by atoms with Crippen molar-refractivity contribution in [2.24, 2.45) is 0 Å². The van der Waals surface area contributed by atoms with Gasteiger partial charge in [-0.25, -0.2) is 0 Å². The molecule has 152 valence electrons. The zero-order valence-electron chi connectivity index (χ0n) is 17.3. The van der Waals surface area contributed by atoms with Gasteiger partial charge in [0.05, 0.1) is 6.07 Å². The highest BCUT2D eigenvalue weighted by Gasteiger charge is 2.25. The molecule has 30 heavy (non-hydrogen) atoms. The van der Waals surface area contributed by atoms with Crippen molar-refractivity contribution in [3.8, 4) is 6.07 Å². The minimum absolute atomic E-state index is 0.206. The van der Waals surface area contributed by atoms with E-state index < -0.39 is 0 Å². The summed E-state index contributed by atoms with van der Waals surface area (Å²) in [4.78, 5) is 8.99. The molecule has 4 heteroatoms. The molecule has 1 aromatic heterocycles. The number of aromatic nitrogens is 1. The SMILES string of the molecule is N#CC(c1cccnc1)N1CCN(CCC(c2ccccc2)c2ccccc2)CC1. The number of rotatable bonds is 7. The predicted molar refractivity (Wildman–Crippen MR) is 120 cm³/mol. The Kier molecular flexibility index (Phi) is 6.87. The Bertz CT molecular complexity index is 890. The first-order chi connectivity index (χ1) is 14.8. The maximum absolute atomic E-state index is 9.69. The van der Waals surface area contributed by atoms with Crippen molar-refractivity contribution in [1.82, 2.24) is 14.8 Å². The van der Waals surface area contributed by atoms with Gasteiger partial charge in [0.25, 0.3) is 0 Å². The third kappa shape index (κ3) is 4.94. The molecule has 1 aliphatic rings. The van der Waals surface area contributed by atoms with Crippen LogP contribution in [0.1, 0.15) is 35.1 Å². The smallest absolute Gasteiger partial charge is 0.125 e. The number of piperazine rings is 1. The van der Waals surface area contributed by atoms with Crippen molar-refractivity contribution in [3.05, 3.63) is 102 Å². The summed E-state index contributed by atoms with van der Waals surface area (Å²) in [5.74, 6) is 0.410. The van der Waals surface area contributed by atoms with Crippen LogP contribution in [-0.4, -0.2) is 47.5 Å². The first kappa shape index (κ1) is 20.3. The fourth-order valence-electron chi connectivity index (χ4n) is 4.36. The van der Waals surface area contributed by atoms with Gasteiger partial charge in [0.15, 0.2) is 0 Å². The van der Waals surface area contributed by atoms with Gasteiger partial charge in [-0.3, -0.25) is 9.88 Å². The summed E-state index contributed by atoms with van der Waals surface area (Å²) in [5, 5.41) is 9.69. The van der Waals surface area contributed by atoms with E-state index in [9.17, 15) is 5.26 Å². The van der Waals surface area contributed by atoms with E-state index in [0.717, 1.165) is 44.7 Å². The Hall–Kier alpha value is -3.00. The molecule has 4 rings (SSSR count). The van der Waals surface area contributed by atoms with E-state index in [1.54, 1.807) is 6.20 Å². The largest absolute Gasteiger partial charge is 0.301 e. The molecule has 0 aliphatic carbocycles. The summed E-state index contributed by atoms with van der Waals surface area (Å²) in [5.41, 5.74) is 3.74. The molecule has 3 aromatic rings. The zero-order valence-corrected chi connectivity index (χ0v) is 17.3. The third-order valence-electron chi connectivity index (χ3n) is 6.03. The summed E-state index contributed by atoms with van der Waals surface area (Å²) in [6, 6.07) is 27.8. The average molecular weight is 397 g/mol. The molecule has 0 bridgehead atoms. The van der Waals surface area contributed by atoms with Gasteiger partial charge in [-0.1, -0.05) is 66.7 Å². The van der Waals surface area contributed by atoms with Crippen LogP contribution >= 0.6 is 0 Å². The van der Waals surface area contributed by atoms with Crippen molar-refractivity contribution in [3.63, 3.8) is 0 Å². The van der Waals surface area contributed by atoms with E-state index in [-0.39, 0.29) is 6.04 Å². The molecule has 1 unspecified atom stereocenters. The lowest BCUT2D eigenvalue weighted by Crippen LogP contribution is -2.47. The molecule has 0 saturated carbocycles. The highest BCUT2D eigenvalue weighted by molar-refractivity contribution is 5.32. The van der Waals surface area contributed by atoms with Crippen molar-refractivity contribution in [2.45, 2.75) is 18.4 Å². The quantitative estimate of drug-likeness (QED) is 0.590. The molecule has 0 amide bonds. The van der Waals surface area contributed by atoms with Gasteiger partial charge in [0.1, 0.15) is 6.04 Å². The zero-order chi connectivity index (χ0) is 20.6. The normalized spacial score (nSPS) is 16.3. The van der Waals surface area contributed by atoms with E-state index in [1.165, 1.54) is 11.1 Å². The molecule has 0 N–H and O–H groups in total. The summed E-state index contributed by atoms with van der Waals surface area (Å²) in [7, 11) is 0. The fourth-order valence-corrected chi connectivity index (χ4v) is 4.36. The Morgan fingerprint density at radius 1 is 0.800 bits per heavy atom. The lowest BCUT2D eigenvalue weighted by Gasteiger charge is -2.37. The Morgan fingerprint density at radius 3 is 1.93 bits per heavy atom. The summed E-state index contributed by atoms with van der Waals surface area (Å²) in [6.07, 6.45) is 4.66. The predicted octanol–water partition coefficient (Wildman–Crippen LogP) is 4.49. The standard InChI is InChI=1S/C26H28N4/c27-20-26(24-12-7-14-28-21-24)30-18-16-29(17-19-30)15-13-25(22-8-3-1-4-9-22)23-10-5-2-6-11-23/h1-12,14,21,25-26H,13,15-19H2. The minimum Gasteiger partial charge on any atom is -0.301 e. The van der Waals surface area contributed by atoms with Gasteiger partial charge in [0.2, 0.25) is 0 Å². The monoisotopic (exact) mass is 396 g/mol. The van der Waals surface area contributed by atoms with E-state index in [1.807, 2.05) is 18.3 Å². The molecule has 2 aromatic carbocycles. The second kappa shape index (κ2) is 10.2. The van der Waals surface area contributed by atoms with Gasteiger partial charge < -0.3 is 4.90 Å². The Morgan fingerprint density at radius 2 is 1.40 bits per heavy atom. The van der Waals surface area contributed by atoms with E-state index in [0.29, 0.717) is 5.92 Å². The number of nitriles is 1. The molecule has 0 spiro atoms. The molecule has 1 atom stereocenters. The Balaban J connectivity index is 1.37. The number of hydrogen-bond acceptors (Lipinski definition) is 4. The average Bonchev–Trinajstić information content (AvgIpc) is 2.83. The van der Waals surface area contributed by atoms with E-state index in [4.69, 9.17) is 0 Å². The molecular formula is C26H28N4. The summed E-state index contributed by atoms with van der Waals surface area (Å²) >= 11 is 0. The first-order valence-corrected chi connectivity index (χ1v) is 10.7. The van der Waals surface area contributed by atoms with Gasteiger partial charge in [0, 0.05) is 50.1 Å². The van der Waals surface area contributed by atoms with Gasteiger partial charge in [-0.15, -0.1) is 0 Å². The minimum atomic E-state index is -0.206. The van der Waals surface area contributed by atoms with Crippen LogP contribution in [0.25, 0.3) is 0 Å². The molecule has 0 radical (unpaired) electrons. The van der Waals surface area contributed by atoms with E-state index in [2.05, 4.69) is 81.5 Å². The van der Waals surface area contributed by atoms with Crippen molar-refractivity contribution in [2.75, 3.05) is 32.7 Å². The number of nitrogens with zero attached hydrogens (tertiary/aromatic N) is 4. The molecule has 2 heterocycles. The molecular weight excluding hydrogens is 368 g/mol. The topological polar surface area (TPSA) is 43.2 Å². The van der Waals surface area contributed by atoms with Crippen molar-refractivity contribution in [1.29, 1.82) is 5.26 Å². The fraction of sp³-hybridized carbons (Fsp3) is 0.308. The molecule has 1 fully saturated rings. The summed E-state index contributed by atoms with van der Waals surface area (Å²) < 4.78 is 0. The Labute approximate surface area is 179 Å². The lowest BCUT2D eigenvalue weighted by molar-refractivity contribution is 0.112. The van der Waals surface area contributed by atoms with Gasteiger partial charge in [-0.05, 0) is 30.2 Å². The van der Waals surface area contributed by atoms with Crippen LogP contribution in [0.5, 0.6) is 0 Å². The number of benzene rings is 2. The lowest BCUT2D eigenvalue weighted by atomic mass is 9.88. The highest BCUT2D eigenvalue weighted by atomic mass is 15.3. The van der Waals surface area contributed by atoms with Crippen LogP contribution in [0, 0.1) is 11.3 Å². The van der Waals surface area contributed by atoms with E-state index >= 15 is 0 Å². The van der Waals surface area contributed by atoms with Crippen LogP contribution in [0.15, 0.2) is 85.2 Å². The van der Waals surface area contributed by atoms with Crippen LogP contribution in [0.3, 0.4) is 0 Å².